The molecule has 10 heteroatoms. The smallest absolute Gasteiger partial charge is 0.224 e. The first-order valence-electron chi connectivity index (χ1n) is 14.2. The van der Waals surface area contributed by atoms with E-state index < -0.39 is 7.14 Å². The van der Waals surface area contributed by atoms with Crippen molar-refractivity contribution < 1.29 is 4.57 Å². The lowest BCUT2D eigenvalue weighted by molar-refractivity contribution is 0.129. The molecule has 3 fully saturated rings. The number of hydrogen-bond acceptors (Lipinski definition) is 8. The van der Waals surface area contributed by atoms with Crippen LogP contribution in [0.3, 0.4) is 0 Å². The molecule has 3 saturated heterocycles. The second-order valence-corrected chi connectivity index (χ2v) is 15.3. The average molecular weight is 560 g/mol. The SMILES string of the molecule is CP(C)(=O)c1ccccc1Nc1nc(NC2CCN(CC3CCN(CC4CCNCC4)CC3)C2)ncc1Cl. The van der Waals surface area contributed by atoms with Crippen LogP contribution in [0.5, 0.6) is 0 Å². The number of aromatic nitrogens is 2. The maximum Gasteiger partial charge on any atom is 0.224 e. The van der Waals surface area contributed by atoms with Crippen molar-refractivity contribution in [2.75, 3.05) is 76.3 Å². The number of rotatable bonds is 9. The van der Waals surface area contributed by atoms with E-state index in [0.29, 0.717) is 22.8 Å². The van der Waals surface area contributed by atoms with Gasteiger partial charge < -0.3 is 30.3 Å². The molecule has 3 aliphatic heterocycles. The van der Waals surface area contributed by atoms with Crippen LogP contribution >= 0.6 is 18.7 Å². The summed E-state index contributed by atoms with van der Waals surface area (Å²) in [6.07, 6.45) is 8.02. The zero-order chi connectivity index (χ0) is 26.5. The number of likely N-dealkylation sites (tertiary alicyclic amines) is 2. The molecular weight excluding hydrogens is 517 g/mol. The molecule has 3 N–H and O–H groups in total. The molecule has 1 unspecified atom stereocenters. The van der Waals surface area contributed by atoms with Crippen LogP contribution in [0.4, 0.5) is 17.5 Å². The molecule has 0 saturated carbocycles. The molecule has 5 rings (SSSR count). The van der Waals surface area contributed by atoms with Crippen molar-refractivity contribution in [2.24, 2.45) is 11.8 Å². The van der Waals surface area contributed by atoms with E-state index >= 15 is 0 Å². The van der Waals surface area contributed by atoms with E-state index in [-0.39, 0.29) is 0 Å². The van der Waals surface area contributed by atoms with Gasteiger partial charge in [-0.15, -0.1) is 0 Å². The predicted octanol–water partition coefficient (Wildman–Crippen LogP) is 4.32. The molecule has 3 aliphatic rings. The minimum absolute atomic E-state index is 0.322. The molecule has 0 amide bonds. The Morgan fingerprint density at radius 1 is 1.00 bits per heavy atom. The second-order valence-electron chi connectivity index (χ2n) is 11.7. The van der Waals surface area contributed by atoms with Crippen LogP contribution in [0.2, 0.25) is 5.02 Å². The lowest BCUT2D eigenvalue weighted by Crippen LogP contribution is -2.42. The fraction of sp³-hybridized carbons (Fsp3) is 0.643. The van der Waals surface area contributed by atoms with Gasteiger partial charge in [0.15, 0.2) is 5.82 Å². The van der Waals surface area contributed by atoms with Crippen molar-refractivity contribution in [2.45, 2.75) is 38.1 Å². The fourth-order valence-electron chi connectivity index (χ4n) is 6.15. The van der Waals surface area contributed by atoms with Crippen LogP contribution in [0, 0.1) is 11.8 Å². The summed E-state index contributed by atoms with van der Waals surface area (Å²) >= 11 is 6.43. The molecule has 208 valence electrons. The van der Waals surface area contributed by atoms with Gasteiger partial charge >= 0.3 is 0 Å². The van der Waals surface area contributed by atoms with Gasteiger partial charge in [0.05, 0.1) is 11.9 Å². The van der Waals surface area contributed by atoms with Crippen LogP contribution in [-0.4, -0.2) is 91.5 Å². The number of halogens is 1. The zero-order valence-corrected chi connectivity index (χ0v) is 24.5. The number of anilines is 3. The Kier molecular flexibility index (Phi) is 9.27. The summed E-state index contributed by atoms with van der Waals surface area (Å²) in [6, 6.07) is 7.94. The summed E-state index contributed by atoms with van der Waals surface area (Å²) in [6.45, 7) is 13.1. The first-order valence-corrected chi connectivity index (χ1v) is 17.2. The van der Waals surface area contributed by atoms with Crippen molar-refractivity contribution >= 4 is 41.5 Å². The Bertz CT molecular complexity index is 1110. The van der Waals surface area contributed by atoms with Gasteiger partial charge in [0.2, 0.25) is 5.95 Å². The van der Waals surface area contributed by atoms with Crippen molar-refractivity contribution in [3.63, 3.8) is 0 Å². The third-order valence-electron chi connectivity index (χ3n) is 8.29. The van der Waals surface area contributed by atoms with Crippen molar-refractivity contribution in [3.8, 4) is 0 Å². The molecule has 2 aromatic rings. The van der Waals surface area contributed by atoms with Crippen LogP contribution < -0.4 is 21.3 Å². The molecule has 1 atom stereocenters. The maximum atomic E-state index is 12.8. The van der Waals surface area contributed by atoms with E-state index in [1.54, 1.807) is 19.5 Å². The molecule has 0 radical (unpaired) electrons. The molecule has 0 spiro atoms. The summed E-state index contributed by atoms with van der Waals surface area (Å²) in [5.41, 5.74) is 0.765. The van der Waals surface area contributed by atoms with Crippen LogP contribution in [0.15, 0.2) is 30.5 Å². The highest BCUT2D eigenvalue weighted by molar-refractivity contribution is 7.70. The van der Waals surface area contributed by atoms with Crippen LogP contribution in [0.1, 0.15) is 32.1 Å². The van der Waals surface area contributed by atoms with E-state index in [1.165, 1.54) is 65.0 Å². The van der Waals surface area contributed by atoms with Gasteiger partial charge in [0.1, 0.15) is 12.2 Å². The van der Waals surface area contributed by atoms with Crippen molar-refractivity contribution in [1.82, 2.24) is 25.1 Å². The number of nitrogens with one attached hydrogen (secondary N) is 3. The zero-order valence-electron chi connectivity index (χ0n) is 22.8. The van der Waals surface area contributed by atoms with E-state index in [4.69, 9.17) is 11.6 Å². The first-order chi connectivity index (χ1) is 18.3. The molecule has 0 bridgehead atoms. The summed E-state index contributed by atoms with van der Waals surface area (Å²) in [5.74, 6) is 2.78. The molecule has 1 aromatic heterocycles. The fourth-order valence-corrected chi connectivity index (χ4v) is 7.44. The average Bonchev–Trinajstić information content (AvgIpc) is 3.34. The number of benzene rings is 1. The Morgan fingerprint density at radius 3 is 2.45 bits per heavy atom. The Balaban J connectivity index is 1.10. The highest BCUT2D eigenvalue weighted by Crippen LogP contribution is 2.38. The normalized spacial score (nSPS) is 22.6. The molecule has 1 aromatic carbocycles. The van der Waals surface area contributed by atoms with Crippen molar-refractivity contribution in [3.05, 3.63) is 35.5 Å². The first kappa shape index (κ1) is 27.9. The molecular formula is C28H43ClN7OP. The van der Waals surface area contributed by atoms with E-state index in [9.17, 15) is 4.57 Å². The van der Waals surface area contributed by atoms with Crippen molar-refractivity contribution in [1.29, 1.82) is 0 Å². The number of hydrogen-bond donors (Lipinski definition) is 3. The quantitative estimate of drug-likeness (QED) is 0.392. The minimum atomic E-state index is -2.45. The van der Waals surface area contributed by atoms with Gasteiger partial charge in [0.25, 0.3) is 0 Å². The predicted molar refractivity (Wildman–Crippen MR) is 159 cm³/mol. The van der Waals surface area contributed by atoms with Gasteiger partial charge in [-0.05, 0) is 95.6 Å². The summed E-state index contributed by atoms with van der Waals surface area (Å²) in [5, 5.41) is 11.5. The Labute approximate surface area is 232 Å². The highest BCUT2D eigenvalue weighted by atomic mass is 35.5. The third-order valence-corrected chi connectivity index (χ3v) is 10.1. The van der Waals surface area contributed by atoms with Gasteiger partial charge in [-0.1, -0.05) is 23.7 Å². The molecule has 38 heavy (non-hydrogen) atoms. The highest BCUT2D eigenvalue weighted by Gasteiger charge is 2.28. The minimum Gasteiger partial charge on any atom is -0.350 e. The Morgan fingerprint density at radius 2 is 1.68 bits per heavy atom. The van der Waals surface area contributed by atoms with E-state index in [2.05, 4.69) is 35.7 Å². The number of piperidine rings is 2. The third kappa shape index (κ3) is 7.48. The topological polar surface area (TPSA) is 85.4 Å². The monoisotopic (exact) mass is 559 g/mol. The van der Waals surface area contributed by atoms with Gasteiger partial charge in [-0.25, -0.2) is 4.98 Å². The number of nitrogens with zero attached hydrogens (tertiary/aromatic N) is 4. The molecule has 8 nitrogen and oxygen atoms in total. The van der Waals surface area contributed by atoms with Gasteiger partial charge in [0, 0.05) is 37.5 Å². The standard InChI is InChI=1S/C28H43ClN7OP/c1-38(2,37)26-6-4-3-5-25(26)33-27-24(29)17-31-28(34-27)32-23-11-16-36(20-23)19-22-9-14-35(15-10-22)18-21-7-12-30-13-8-21/h3-6,17,21-23,30H,7-16,18-20H2,1-2H3,(H2,31,32,33,34). The lowest BCUT2D eigenvalue weighted by atomic mass is 9.93. The van der Waals surface area contributed by atoms with Gasteiger partial charge in [-0.2, -0.15) is 4.98 Å². The summed E-state index contributed by atoms with van der Waals surface area (Å²) in [4.78, 5) is 14.4. The van der Waals surface area contributed by atoms with Crippen LogP contribution in [0.25, 0.3) is 0 Å². The largest absolute Gasteiger partial charge is 0.350 e. The Hall–Kier alpha value is -1.70. The van der Waals surface area contributed by atoms with Gasteiger partial charge in [-0.3, -0.25) is 0 Å². The molecule has 4 heterocycles. The summed E-state index contributed by atoms with van der Waals surface area (Å²) < 4.78 is 12.8. The molecule has 0 aliphatic carbocycles. The lowest BCUT2D eigenvalue weighted by Gasteiger charge is -2.36. The summed E-state index contributed by atoms with van der Waals surface area (Å²) in [7, 11) is -2.45. The van der Waals surface area contributed by atoms with E-state index in [1.807, 2.05) is 24.3 Å². The van der Waals surface area contributed by atoms with E-state index in [0.717, 1.165) is 42.3 Å². The number of para-hydroxylation sites is 1. The van der Waals surface area contributed by atoms with Crippen LogP contribution in [-0.2, 0) is 4.57 Å². The second kappa shape index (κ2) is 12.6. The maximum absolute atomic E-state index is 12.8.